The quantitative estimate of drug-likeness (QED) is 0.328. The summed E-state index contributed by atoms with van der Waals surface area (Å²) in [7, 11) is -2.67. The van der Waals surface area contributed by atoms with Crippen LogP contribution in [0.4, 0.5) is 10.1 Å². The van der Waals surface area contributed by atoms with E-state index in [0.717, 1.165) is 0 Å². The maximum Gasteiger partial charge on any atom is 0.352 e. The molecule has 5 N–H and O–H groups in total. The second kappa shape index (κ2) is 10.0. The summed E-state index contributed by atoms with van der Waals surface area (Å²) in [4.78, 5) is 11.4. The minimum absolute atomic E-state index is 0.0450. The van der Waals surface area contributed by atoms with E-state index in [2.05, 4.69) is 4.72 Å². The summed E-state index contributed by atoms with van der Waals surface area (Å²) in [6.07, 6.45) is -1.27. The Morgan fingerprint density at radius 2 is 1.94 bits per heavy atom. The summed E-state index contributed by atoms with van der Waals surface area (Å²) in [6.45, 7) is -0.971. The monoisotopic (exact) mass is 477 g/mol. The first kappa shape index (κ1) is 24.2. The summed E-state index contributed by atoms with van der Waals surface area (Å²) in [5.41, 5.74) is 6.74. The molecule has 1 atom stereocenters. The number of nitrogens with zero attached hydrogens (tertiary/aromatic N) is 1. The standard InChI is InChI=1S/C22H24FN3O6S/c1-32-20-7-3-6-17(16(20)13-21(24)27)25-33(30,31)15-5-2-4-14(12-15)18-8-9-19(22(28)29)26(18)11-10-23/h2-9,12,21,25,27H,10-11,13,24H2,1H3,(H,28,29). The maximum atomic E-state index is 13.1. The van der Waals surface area contributed by atoms with Crippen molar-refractivity contribution in [3.05, 3.63) is 65.9 Å². The molecule has 0 amide bonds. The largest absolute Gasteiger partial charge is 0.496 e. The molecule has 176 valence electrons. The second-order valence-electron chi connectivity index (χ2n) is 7.14. The Kier molecular flexibility index (Phi) is 7.36. The van der Waals surface area contributed by atoms with E-state index in [-0.39, 0.29) is 29.2 Å². The second-order valence-corrected chi connectivity index (χ2v) is 8.82. The van der Waals surface area contributed by atoms with Crippen LogP contribution in [0.1, 0.15) is 16.1 Å². The number of aliphatic hydroxyl groups excluding tert-OH is 1. The van der Waals surface area contributed by atoms with Crippen LogP contribution >= 0.6 is 0 Å². The number of rotatable bonds is 10. The molecule has 33 heavy (non-hydrogen) atoms. The van der Waals surface area contributed by atoms with Gasteiger partial charge in [-0.25, -0.2) is 17.6 Å². The minimum Gasteiger partial charge on any atom is -0.496 e. The number of aromatic carboxylic acids is 1. The number of aromatic nitrogens is 1. The third kappa shape index (κ3) is 5.33. The van der Waals surface area contributed by atoms with Crippen molar-refractivity contribution < 1.29 is 32.6 Å². The van der Waals surface area contributed by atoms with E-state index in [1.165, 1.54) is 48.1 Å². The third-order valence-corrected chi connectivity index (χ3v) is 6.32. The van der Waals surface area contributed by atoms with Gasteiger partial charge in [0.2, 0.25) is 0 Å². The number of sulfonamides is 1. The van der Waals surface area contributed by atoms with E-state index in [1.54, 1.807) is 18.2 Å². The fourth-order valence-electron chi connectivity index (χ4n) is 3.53. The van der Waals surface area contributed by atoms with Crippen LogP contribution in [-0.2, 0) is 23.0 Å². The SMILES string of the molecule is COc1cccc(NS(=O)(=O)c2cccc(-c3ccc(C(=O)O)n3CCF)c2)c1CC(N)O. The highest BCUT2D eigenvalue weighted by atomic mass is 32.2. The van der Waals surface area contributed by atoms with Crippen molar-refractivity contribution in [3.8, 4) is 17.0 Å². The lowest BCUT2D eigenvalue weighted by molar-refractivity contribution is 0.0685. The number of hydrogen-bond acceptors (Lipinski definition) is 6. The molecule has 0 saturated heterocycles. The molecule has 1 unspecified atom stereocenters. The van der Waals surface area contributed by atoms with Gasteiger partial charge in [-0.2, -0.15) is 0 Å². The van der Waals surface area contributed by atoms with E-state index in [9.17, 15) is 27.8 Å². The molecule has 9 nitrogen and oxygen atoms in total. The van der Waals surface area contributed by atoms with Gasteiger partial charge in [-0.05, 0) is 42.0 Å². The van der Waals surface area contributed by atoms with E-state index in [0.29, 0.717) is 22.6 Å². The molecule has 0 radical (unpaired) electrons. The smallest absolute Gasteiger partial charge is 0.352 e. The highest BCUT2D eigenvalue weighted by molar-refractivity contribution is 7.92. The highest BCUT2D eigenvalue weighted by Crippen LogP contribution is 2.31. The van der Waals surface area contributed by atoms with Crippen molar-refractivity contribution in [1.29, 1.82) is 0 Å². The van der Waals surface area contributed by atoms with Crippen LogP contribution in [0, 0.1) is 0 Å². The fourth-order valence-corrected chi connectivity index (χ4v) is 4.67. The number of aliphatic hydroxyl groups is 1. The number of halogens is 1. The van der Waals surface area contributed by atoms with Crippen LogP contribution in [0.5, 0.6) is 5.75 Å². The number of methoxy groups -OCH3 is 1. The summed E-state index contributed by atoms with van der Waals surface area (Å²) in [5, 5.41) is 19.0. The number of alkyl halides is 1. The first-order valence-electron chi connectivity index (χ1n) is 9.89. The summed E-state index contributed by atoms with van der Waals surface area (Å²) >= 11 is 0. The number of nitrogens with one attached hydrogen (secondary N) is 1. The third-order valence-electron chi connectivity index (χ3n) is 4.96. The van der Waals surface area contributed by atoms with E-state index in [1.807, 2.05) is 0 Å². The molecule has 0 spiro atoms. The first-order valence-corrected chi connectivity index (χ1v) is 11.4. The van der Waals surface area contributed by atoms with E-state index >= 15 is 0 Å². The number of anilines is 1. The predicted octanol–water partition coefficient (Wildman–Crippen LogP) is 2.45. The lowest BCUT2D eigenvalue weighted by atomic mass is 10.1. The fraction of sp³-hybridized carbons (Fsp3) is 0.227. The Morgan fingerprint density at radius 1 is 1.21 bits per heavy atom. The van der Waals surface area contributed by atoms with Gasteiger partial charge < -0.3 is 25.3 Å². The van der Waals surface area contributed by atoms with Crippen LogP contribution < -0.4 is 15.2 Å². The van der Waals surface area contributed by atoms with Crippen LogP contribution in [0.25, 0.3) is 11.3 Å². The molecule has 0 saturated carbocycles. The summed E-state index contributed by atoms with van der Waals surface area (Å²) in [6, 6.07) is 13.4. The number of carboxylic acid groups (broad SMARTS) is 1. The lowest BCUT2D eigenvalue weighted by Crippen LogP contribution is -2.23. The molecular weight excluding hydrogens is 453 g/mol. The molecule has 3 rings (SSSR count). The summed E-state index contributed by atoms with van der Waals surface area (Å²) < 4.78 is 48.4. The number of carboxylic acids is 1. The predicted molar refractivity (Wildman–Crippen MR) is 121 cm³/mol. The first-order chi connectivity index (χ1) is 15.7. The average Bonchev–Trinajstić information content (AvgIpc) is 3.19. The Labute approximate surface area is 190 Å². The number of ether oxygens (including phenoxy) is 1. The van der Waals surface area contributed by atoms with Gasteiger partial charge in [-0.15, -0.1) is 0 Å². The van der Waals surface area contributed by atoms with Crippen LogP contribution in [0.3, 0.4) is 0 Å². The zero-order chi connectivity index (χ0) is 24.2. The molecule has 1 heterocycles. The van der Waals surface area contributed by atoms with E-state index < -0.39 is 28.9 Å². The number of benzene rings is 2. The molecular formula is C22H24FN3O6S. The molecule has 0 aliphatic rings. The molecule has 0 fully saturated rings. The Morgan fingerprint density at radius 3 is 2.58 bits per heavy atom. The zero-order valence-electron chi connectivity index (χ0n) is 17.7. The van der Waals surface area contributed by atoms with Gasteiger partial charge in [0.1, 0.15) is 24.3 Å². The van der Waals surface area contributed by atoms with Crippen molar-refractivity contribution in [2.75, 3.05) is 18.5 Å². The number of hydrogen-bond donors (Lipinski definition) is 4. The molecule has 0 bridgehead atoms. The molecule has 3 aromatic rings. The topological polar surface area (TPSA) is 144 Å². The number of carbonyl (C=O) groups is 1. The van der Waals surface area contributed by atoms with Crippen molar-refractivity contribution >= 4 is 21.7 Å². The van der Waals surface area contributed by atoms with Gasteiger partial charge in [0.25, 0.3) is 10.0 Å². The summed E-state index contributed by atoms with van der Waals surface area (Å²) in [5.74, 6) is -0.855. The van der Waals surface area contributed by atoms with Gasteiger partial charge >= 0.3 is 5.97 Å². The Bertz CT molecular complexity index is 1260. The average molecular weight is 478 g/mol. The van der Waals surface area contributed by atoms with Crippen molar-refractivity contribution in [3.63, 3.8) is 0 Å². The van der Waals surface area contributed by atoms with Crippen molar-refractivity contribution in [2.45, 2.75) is 24.1 Å². The van der Waals surface area contributed by atoms with Gasteiger partial charge in [0, 0.05) is 17.7 Å². The van der Waals surface area contributed by atoms with Crippen molar-refractivity contribution in [2.24, 2.45) is 5.73 Å². The van der Waals surface area contributed by atoms with Crippen molar-refractivity contribution in [1.82, 2.24) is 4.57 Å². The lowest BCUT2D eigenvalue weighted by Gasteiger charge is -2.17. The highest BCUT2D eigenvalue weighted by Gasteiger charge is 2.21. The van der Waals surface area contributed by atoms with Gasteiger partial charge in [0.15, 0.2) is 0 Å². The molecule has 2 aromatic carbocycles. The van der Waals surface area contributed by atoms with Crippen LogP contribution in [0.2, 0.25) is 0 Å². The zero-order valence-corrected chi connectivity index (χ0v) is 18.5. The van der Waals surface area contributed by atoms with Crippen LogP contribution in [0.15, 0.2) is 59.5 Å². The molecule has 0 aliphatic carbocycles. The minimum atomic E-state index is -4.09. The van der Waals surface area contributed by atoms with Gasteiger partial charge in [0.05, 0.1) is 24.2 Å². The molecule has 0 aliphatic heterocycles. The van der Waals surface area contributed by atoms with E-state index in [4.69, 9.17) is 10.5 Å². The van der Waals surface area contributed by atoms with Crippen LogP contribution in [-0.4, -0.2) is 49.2 Å². The number of nitrogens with two attached hydrogens (primary N) is 1. The maximum absolute atomic E-state index is 13.1. The molecule has 11 heteroatoms. The Balaban J connectivity index is 2.02. The molecule has 1 aromatic heterocycles. The Hall–Kier alpha value is -3.41. The van der Waals surface area contributed by atoms with Gasteiger partial charge in [-0.3, -0.25) is 4.72 Å². The normalized spacial score (nSPS) is 12.4. The van der Waals surface area contributed by atoms with Gasteiger partial charge in [-0.1, -0.05) is 18.2 Å².